The van der Waals surface area contributed by atoms with Gasteiger partial charge in [0, 0.05) is 33.5 Å². The zero-order valence-electron chi connectivity index (χ0n) is 26.0. The van der Waals surface area contributed by atoms with Gasteiger partial charge in [-0.25, -0.2) is 0 Å². The Morgan fingerprint density at radius 1 is 0.619 bits per heavy atom. The van der Waals surface area contributed by atoms with Crippen molar-refractivity contribution in [3.63, 3.8) is 0 Å². The number of allylic oxidation sites excluding steroid dienone is 2. The van der Waals surface area contributed by atoms with E-state index < -0.39 is 57.3 Å². The van der Waals surface area contributed by atoms with E-state index in [0.29, 0.717) is 25.7 Å². The van der Waals surface area contributed by atoms with Crippen LogP contribution < -0.4 is 0 Å². The van der Waals surface area contributed by atoms with Gasteiger partial charge in [0.2, 0.25) is 0 Å². The largest absolute Gasteiger partial charge is 0.396 e. The van der Waals surface area contributed by atoms with Gasteiger partial charge in [0.25, 0.3) is 0 Å². The molecule has 2 spiro atoms. The SMILES string of the molecule is C=C[C@@H]1[C@@H]2CC[C@@]1(CO)[C@@H](O)[C@]21CC[C@@H](C(C)(C)O)[C@@H]1O.C=C[C@H]1[C@H]2CC[C@]1(CO)[C@H](O)[C@@]21CC[C@H](C(C)(C)O)[C@H]1O. The molecule has 8 nitrogen and oxygen atoms in total. The summed E-state index contributed by atoms with van der Waals surface area (Å²) in [6.45, 7) is 14.6. The van der Waals surface area contributed by atoms with Gasteiger partial charge in [0.1, 0.15) is 0 Å². The van der Waals surface area contributed by atoms with Gasteiger partial charge in [-0.2, -0.15) is 0 Å². The topological polar surface area (TPSA) is 162 Å². The molecule has 0 aromatic rings. The van der Waals surface area contributed by atoms with E-state index in [0.717, 1.165) is 25.7 Å². The van der Waals surface area contributed by atoms with Crippen LogP contribution in [-0.2, 0) is 0 Å². The normalized spacial score (nSPS) is 52.8. The molecule has 6 fully saturated rings. The van der Waals surface area contributed by atoms with Crippen LogP contribution in [0.5, 0.6) is 0 Å². The first kappa shape index (κ1) is 32.6. The van der Waals surface area contributed by atoms with Crippen molar-refractivity contribution in [3.05, 3.63) is 25.3 Å². The van der Waals surface area contributed by atoms with Crippen molar-refractivity contribution in [2.45, 2.75) is 115 Å². The van der Waals surface area contributed by atoms with E-state index in [1.807, 2.05) is 12.2 Å². The summed E-state index contributed by atoms with van der Waals surface area (Å²) in [4.78, 5) is 0. The molecule has 6 saturated carbocycles. The smallest absolute Gasteiger partial charge is 0.0708 e. The van der Waals surface area contributed by atoms with Crippen LogP contribution in [0.4, 0.5) is 0 Å². The molecule has 0 heterocycles. The Kier molecular flexibility index (Phi) is 8.02. The van der Waals surface area contributed by atoms with Gasteiger partial charge in [-0.15, -0.1) is 13.2 Å². The van der Waals surface area contributed by atoms with Crippen molar-refractivity contribution in [2.75, 3.05) is 13.2 Å². The number of hydrogen-bond acceptors (Lipinski definition) is 8. The standard InChI is InChI=1S/2C17H28O4/c2*1-4-10-11-5-7-16(10,9-18)14(20)17(11)8-6-12(13(17)19)15(2,3)21/h2*4,10-14,18-21H,1,5-9H2,2-3H3/t2*10-,11+,12-,13+,14-,16+,17-/m10/s1. The number of fused-ring (bicyclic) bond motifs is 6. The molecule has 4 bridgehead atoms. The van der Waals surface area contributed by atoms with Crippen LogP contribution in [0.1, 0.15) is 79.1 Å². The van der Waals surface area contributed by atoms with E-state index in [9.17, 15) is 40.9 Å². The summed E-state index contributed by atoms with van der Waals surface area (Å²) in [6.07, 6.45) is 7.04. The molecular weight excluding hydrogens is 536 g/mol. The van der Waals surface area contributed by atoms with Crippen molar-refractivity contribution in [2.24, 2.45) is 57.2 Å². The summed E-state index contributed by atoms with van der Waals surface area (Å²) in [6, 6.07) is 0. The molecule has 8 heteroatoms. The monoisotopic (exact) mass is 592 g/mol. The summed E-state index contributed by atoms with van der Waals surface area (Å²) < 4.78 is 0. The highest BCUT2D eigenvalue weighted by atomic mass is 16.3. The van der Waals surface area contributed by atoms with E-state index in [1.165, 1.54) is 0 Å². The van der Waals surface area contributed by atoms with Gasteiger partial charge in [0.05, 0.1) is 48.8 Å². The third kappa shape index (κ3) is 3.88. The van der Waals surface area contributed by atoms with Crippen molar-refractivity contribution < 1.29 is 40.9 Å². The third-order valence-electron chi connectivity index (χ3n) is 14.1. The molecule has 0 radical (unpaired) electrons. The minimum atomic E-state index is -0.958. The lowest BCUT2D eigenvalue weighted by Gasteiger charge is -2.46. The Morgan fingerprint density at radius 2 is 0.952 bits per heavy atom. The summed E-state index contributed by atoms with van der Waals surface area (Å²) >= 11 is 0. The van der Waals surface area contributed by atoms with Crippen LogP contribution in [0.25, 0.3) is 0 Å². The second kappa shape index (κ2) is 10.3. The average Bonchev–Trinajstić information content (AvgIpc) is 3.72. The number of hydrogen-bond donors (Lipinski definition) is 8. The predicted molar refractivity (Wildman–Crippen MR) is 159 cm³/mol. The number of rotatable bonds is 6. The third-order valence-corrected chi connectivity index (χ3v) is 14.1. The quantitative estimate of drug-likeness (QED) is 0.218. The van der Waals surface area contributed by atoms with Crippen LogP contribution >= 0.6 is 0 Å². The van der Waals surface area contributed by atoms with Gasteiger partial charge in [-0.1, -0.05) is 12.2 Å². The van der Waals surface area contributed by atoms with Gasteiger partial charge in [-0.05, 0) is 103 Å². The van der Waals surface area contributed by atoms with E-state index in [2.05, 4.69) is 13.2 Å². The predicted octanol–water partition coefficient (Wildman–Crippen LogP) is 2.16. The maximum atomic E-state index is 11.0. The molecule has 0 unspecified atom stereocenters. The lowest BCUT2D eigenvalue weighted by atomic mass is 9.64. The Balaban J connectivity index is 0.000000168. The highest BCUT2D eigenvalue weighted by Crippen LogP contribution is 2.73. The Bertz CT molecular complexity index is 967. The van der Waals surface area contributed by atoms with Crippen LogP contribution in [0.3, 0.4) is 0 Å². The first-order chi connectivity index (χ1) is 19.5. The summed E-state index contributed by atoms with van der Waals surface area (Å²) in [7, 11) is 0. The van der Waals surface area contributed by atoms with Crippen molar-refractivity contribution >= 4 is 0 Å². The van der Waals surface area contributed by atoms with Crippen LogP contribution in [0.2, 0.25) is 0 Å². The number of aliphatic hydroxyl groups is 8. The molecule has 0 aromatic heterocycles. The van der Waals surface area contributed by atoms with Gasteiger partial charge in [0.15, 0.2) is 0 Å². The fourth-order valence-corrected chi connectivity index (χ4v) is 12.1. The lowest BCUT2D eigenvalue weighted by Crippen LogP contribution is -2.53. The summed E-state index contributed by atoms with van der Waals surface area (Å²) in [5.41, 5.74) is -4.21. The molecular formula is C34H56O8. The molecule has 6 aliphatic rings. The lowest BCUT2D eigenvalue weighted by molar-refractivity contribution is -0.143. The summed E-state index contributed by atoms with van der Waals surface area (Å²) in [5, 5.41) is 84.5. The van der Waals surface area contributed by atoms with Crippen molar-refractivity contribution in [1.82, 2.24) is 0 Å². The minimum Gasteiger partial charge on any atom is -0.396 e. The van der Waals surface area contributed by atoms with Crippen LogP contribution in [-0.4, -0.2) is 89.7 Å². The molecule has 0 aromatic carbocycles. The van der Waals surface area contributed by atoms with Gasteiger partial charge < -0.3 is 40.9 Å². The molecule has 14 atom stereocenters. The van der Waals surface area contributed by atoms with E-state index in [1.54, 1.807) is 27.7 Å². The minimum absolute atomic E-state index is 0.0488. The highest BCUT2D eigenvalue weighted by Gasteiger charge is 2.75. The molecule has 6 rings (SSSR count). The molecule has 0 amide bonds. The molecule has 8 N–H and O–H groups in total. The second-order valence-electron chi connectivity index (χ2n) is 16.1. The fraction of sp³-hybridized carbons (Fsp3) is 0.882. The Morgan fingerprint density at radius 3 is 1.17 bits per heavy atom. The molecule has 240 valence electrons. The molecule has 42 heavy (non-hydrogen) atoms. The maximum absolute atomic E-state index is 11.0. The van der Waals surface area contributed by atoms with E-state index >= 15 is 0 Å². The van der Waals surface area contributed by atoms with Gasteiger partial charge >= 0.3 is 0 Å². The fourth-order valence-electron chi connectivity index (χ4n) is 12.1. The zero-order valence-corrected chi connectivity index (χ0v) is 26.0. The van der Waals surface area contributed by atoms with E-state index in [-0.39, 0.29) is 48.7 Å². The van der Waals surface area contributed by atoms with Crippen LogP contribution in [0, 0.1) is 57.2 Å². The number of aliphatic hydroxyl groups excluding tert-OH is 6. The molecule has 0 saturated heterocycles. The Labute approximate surface area is 251 Å². The maximum Gasteiger partial charge on any atom is 0.0708 e. The molecule has 0 aliphatic heterocycles. The zero-order chi connectivity index (χ0) is 31.3. The van der Waals surface area contributed by atoms with Crippen molar-refractivity contribution in [1.29, 1.82) is 0 Å². The first-order valence-electron chi connectivity index (χ1n) is 16.1. The molecule has 6 aliphatic carbocycles. The average molecular weight is 593 g/mol. The van der Waals surface area contributed by atoms with Crippen molar-refractivity contribution in [3.8, 4) is 0 Å². The first-order valence-corrected chi connectivity index (χ1v) is 16.1. The van der Waals surface area contributed by atoms with Crippen LogP contribution in [0.15, 0.2) is 25.3 Å². The second-order valence-corrected chi connectivity index (χ2v) is 16.1. The summed E-state index contributed by atoms with van der Waals surface area (Å²) in [5.74, 6) is -0.0557. The van der Waals surface area contributed by atoms with Gasteiger partial charge in [-0.3, -0.25) is 0 Å². The Hall–Kier alpha value is -0.840. The van der Waals surface area contributed by atoms with E-state index in [4.69, 9.17) is 0 Å². The highest BCUT2D eigenvalue weighted by molar-refractivity contribution is 5.27.